The minimum Gasteiger partial charge on any atom is -0.394 e. The van der Waals surface area contributed by atoms with E-state index >= 15 is 0 Å². The van der Waals surface area contributed by atoms with Crippen molar-refractivity contribution in [1.82, 2.24) is 0 Å². The Morgan fingerprint density at radius 1 is 1.43 bits per heavy atom. The van der Waals surface area contributed by atoms with Gasteiger partial charge < -0.3 is 10.8 Å². The quantitative estimate of drug-likeness (QED) is 0.771. The normalized spacial score (nSPS) is 15.6. The summed E-state index contributed by atoms with van der Waals surface area (Å²) in [6, 6.07) is 8.11. The molecule has 1 rings (SSSR count). The molecule has 0 spiro atoms. The summed E-state index contributed by atoms with van der Waals surface area (Å²) >= 11 is 0. The van der Waals surface area contributed by atoms with Gasteiger partial charge in [-0.1, -0.05) is 38.1 Å². The Morgan fingerprint density at radius 2 is 2.07 bits per heavy atom. The summed E-state index contributed by atoms with van der Waals surface area (Å²) in [6.45, 7) is 6.10. The van der Waals surface area contributed by atoms with Crippen LogP contribution in [0, 0.1) is 0 Å². The van der Waals surface area contributed by atoms with Crippen molar-refractivity contribution in [2.24, 2.45) is 5.73 Å². The van der Waals surface area contributed by atoms with E-state index in [2.05, 4.69) is 26.0 Å². The van der Waals surface area contributed by atoms with Gasteiger partial charge in [0.05, 0.1) is 12.1 Å². The third kappa shape index (κ3) is 2.34. The molecule has 0 aliphatic carbocycles. The highest BCUT2D eigenvalue weighted by atomic mass is 16.3. The highest BCUT2D eigenvalue weighted by Crippen LogP contribution is 2.22. The lowest BCUT2D eigenvalue weighted by Crippen LogP contribution is -2.36. The number of rotatable bonds is 3. The van der Waals surface area contributed by atoms with Crippen molar-refractivity contribution in [2.45, 2.75) is 32.2 Å². The van der Waals surface area contributed by atoms with Crippen LogP contribution in [0.25, 0.3) is 0 Å². The summed E-state index contributed by atoms with van der Waals surface area (Å²) in [5.74, 6) is 0.490. The number of aliphatic hydroxyl groups excluding tert-OH is 1. The maximum Gasteiger partial charge on any atom is 0.0650 e. The molecule has 14 heavy (non-hydrogen) atoms. The zero-order chi connectivity index (χ0) is 10.8. The Balaban J connectivity index is 3.05. The minimum absolute atomic E-state index is 0.0332. The first-order valence-electron chi connectivity index (χ1n) is 4.97. The lowest BCUT2D eigenvalue weighted by molar-refractivity contribution is 0.210. The van der Waals surface area contributed by atoms with Gasteiger partial charge in [0, 0.05) is 0 Å². The summed E-state index contributed by atoms with van der Waals surface area (Å²) in [4.78, 5) is 0. The third-order valence-corrected chi connectivity index (χ3v) is 2.54. The van der Waals surface area contributed by atoms with Crippen LogP contribution < -0.4 is 5.73 Å². The molecule has 78 valence electrons. The fraction of sp³-hybridized carbons (Fsp3) is 0.500. The van der Waals surface area contributed by atoms with Crippen molar-refractivity contribution < 1.29 is 5.11 Å². The number of aliphatic hydroxyl groups is 1. The smallest absolute Gasteiger partial charge is 0.0650 e. The van der Waals surface area contributed by atoms with Crippen molar-refractivity contribution in [1.29, 1.82) is 0 Å². The van der Waals surface area contributed by atoms with Gasteiger partial charge in [-0.3, -0.25) is 0 Å². The standard InChI is InChI=1S/C12H19NO/c1-9(2)10-5-4-6-11(7-10)12(3,13)8-14/h4-7,9,14H,8,13H2,1-3H3/t12-/m1/s1. The Bertz CT molecular complexity index is 305. The molecule has 1 aromatic carbocycles. The second-order valence-corrected chi connectivity index (χ2v) is 4.36. The molecule has 0 saturated carbocycles. The van der Waals surface area contributed by atoms with Gasteiger partial charge in [-0.2, -0.15) is 0 Å². The molecule has 0 aliphatic heterocycles. The molecule has 0 aliphatic rings. The first kappa shape index (κ1) is 11.2. The van der Waals surface area contributed by atoms with Crippen LogP contribution in [0.2, 0.25) is 0 Å². The largest absolute Gasteiger partial charge is 0.394 e. The highest BCUT2D eigenvalue weighted by molar-refractivity contribution is 5.30. The van der Waals surface area contributed by atoms with Crippen molar-refractivity contribution >= 4 is 0 Å². The van der Waals surface area contributed by atoms with Crippen molar-refractivity contribution in [3.05, 3.63) is 35.4 Å². The van der Waals surface area contributed by atoms with Crippen LogP contribution >= 0.6 is 0 Å². The molecule has 3 N–H and O–H groups in total. The topological polar surface area (TPSA) is 46.2 Å². The van der Waals surface area contributed by atoms with Crippen LogP contribution in [0.3, 0.4) is 0 Å². The van der Waals surface area contributed by atoms with E-state index in [-0.39, 0.29) is 6.61 Å². The molecule has 0 aromatic heterocycles. The van der Waals surface area contributed by atoms with Gasteiger partial charge in [0.2, 0.25) is 0 Å². The number of nitrogens with two attached hydrogens (primary N) is 1. The SMILES string of the molecule is CC(C)c1cccc([C@](C)(N)CO)c1. The van der Waals surface area contributed by atoms with Gasteiger partial charge in [0.25, 0.3) is 0 Å². The molecule has 1 aromatic rings. The number of hydrogen-bond donors (Lipinski definition) is 2. The predicted molar refractivity (Wildman–Crippen MR) is 59.2 cm³/mol. The van der Waals surface area contributed by atoms with E-state index in [0.29, 0.717) is 5.92 Å². The maximum atomic E-state index is 9.15. The molecule has 2 nitrogen and oxygen atoms in total. The predicted octanol–water partition coefficient (Wildman–Crippen LogP) is 1.98. The number of benzene rings is 1. The van der Waals surface area contributed by atoms with E-state index in [9.17, 15) is 0 Å². The second kappa shape index (κ2) is 4.11. The molecule has 0 bridgehead atoms. The van der Waals surface area contributed by atoms with Crippen LogP contribution in [-0.4, -0.2) is 11.7 Å². The highest BCUT2D eigenvalue weighted by Gasteiger charge is 2.20. The zero-order valence-corrected chi connectivity index (χ0v) is 9.12. The molecular formula is C12H19NO. The van der Waals surface area contributed by atoms with Crippen LogP contribution in [0.1, 0.15) is 37.8 Å². The van der Waals surface area contributed by atoms with Gasteiger partial charge in [0.1, 0.15) is 0 Å². The molecule has 0 saturated heterocycles. The van der Waals surface area contributed by atoms with E-state index in [4.69, 9.17) is 10.8 Å². The lowest BCUT2D eigenvalue weighted by Gasteiger charge is -2.23. The molecule has 0 heterocycles. The minimum atomic E-state index is -0.634. The van der Waals surface area contributed by atoms with Gasteiger partial charge in [-0.25, -0.2) is 0 Å². The van der Waals surface area contributed by atoms with Crippen LogP contribution in [0.4, 0.5) is 0 Å². The van der Waals surface area contributed by atoms with Crippen LogP contribution in [-0.2, 0) is 5.54 Å². The fourth-order valence-corrected chi connectivity index (χ4v) is 1.34. The maximum absolute atomic E-state index is 9.15. The van der Waals surface area contributed by atoms with Gasteiger partial charge in [-0.15, -0.1) is 0 Å². The number of hydrogen-bond acceptors (Lipinski definition) is 2. The van der Waals surface area contributed by atoms with Crippen molar-refractivity contribution in [2.75, 3.05) is 6.61 Å². The zero-order valence-electron chi connectivity index (χ0n) is 9.12. The van der Waals surface area contributed by atoms with Crippen LogP contribution in [0.5, 0.6) is 0 Å². The summed E-state index contributed by atoms with van der Waals surface area (Å²) < 4.78 is 0. The molecule has 0 unspecified atom stereocenters. The van der Waals surface area contributed by atoms with E-state index in [1.807, 2.05) is 19.1 Å². The molecule has 0 amide bonds. The summed E-state index contributed by atoms with van der Waals surface area (Å²) in [5.41, 5.74) is 7.57. The van der Waals surface area contributed by atoms with Gasteiger partial charge in [-0.05, 0) is 24.0 Å². The summed E-state index contributed by atoms with van der Waals surface area (Å²) in [7, 11) is 0. The van der Waals surface area contributed by atoms with Crippen molar-refractivity contribution in [3.63, 3.8) is 0 Å². The summed E-state index contributed by atoms with van der Waals surface area (Å²) in [5, 5.41) is 9.15. The fourth-order valence-electron chi connectivity index (χ4n) is 1.34. The molecule has 2 heteroatoms. The van der Waals surface area contributed by atoms with Gasteiger partial charge >= 0.3 is 0 Å². The average Bonchev–Trinajstić information content (AvgIpc) is 2.18. The molecular weight excluding hydrogens is 174 g/mol. The average molecular weight is 193 g/mol. The molecule has 0 radical (unpaired) electrons. The Morgan fingerprint density at radius 3 is 2.57 bits per heavy atom. The Hall–Kier alpha value is -0.860. The van der Waals surface area contributed by atoms with E-state index < -0.39 is 5.54 Å². The van der Waals surface area contributed by atoms with E-state index in [1.165, 1.54) is 5.56 Å². The first-order valence-corrected chi connectivity index (χ1v) is 4.97. The Kier molecular flexibility index (Phi) is 3.29. The molecule has 0 fully saturated rings. The van der Waals surface area contributed by atoms with Crippen LogP contribution in [0.15, 0.2) is 24.3 Å². The lowest BCUT2D eigenvalue weighted by atomic mass is 9.90. The molecule has 1 atom stereocenters. The van der Waals surface area contributed by atoms with E-state index in [0.717, 1.165) is 5.56 Å². The Labute approximate surface area is 85.8 Å². The summed E-state index contributed by atoms with van der Waals surface area (Å²) in [6.07, 6.45) is 0. The van der Waals surface area contributed by atoms with E-state index in [1.54, 1.807) is 0 Å². The second-order valence-electron chi connectivity index (χ2n) is 4.36. The first-order chi connectivity index (χ1) is 6.47. The monoisotopic (exact) mass is 193 g/mol. The van der Waals surface area contributed by atoms with Crippen molar-refractivity contribution in [3.8, 4) is 0 Å². The van der Waals surface area contributed by atoms with Gasteiger partial charge in [0.15, 0.2) is 0 Å². The third-order valence-electron chi connectivity index (χ3n) is 2.54.